The van der Waals surface area contributed by atoms with Crippen LogP contribution in [0.4, 0.5) is 15.8 Å². The number of hydrogen-bond donors (Lipinski definition) is 2. The van der Waals surface area contributed by atoms with E-state index in [9.17, 15) is 4.39 Å². The van der Waals surface area contributed by atoms with Crippen molar-refractivity contribution in [3.63, 3.8) is 0 Å². The number of nitrogens with one attached hydrogen (secondary N) is 2. The van der Waals surface area contributed by atoms with E-state index in [4.69, 9.17) is 12.2 Å². The van der Waals surface area contributed by atoms with Gasteiger partial charge in [-0.25, -0.2) is 4.39 Å². The number of hydrogen-bond acceptors (Lipinski definition) is 2. The van der Waals surface area contributed by atoms with Gasteiger partial charge in [0.05, 0.1) is 5.69 Å². The molecule has 2 rings (SSSR count). The lowest BCUT2D eigenvalue weighted by Gasteiger charge is -2.19. The Hall–Kier alpha value is -2.14. The molecule has 0 aliphatic carbocycles. The molecule has 22 heavy (non-hydrogen) atoms. The SMILES string of the molecule is CN(CCCNC(=S)Nc1ccccc1F)c1ccccc1. The highest BCUT2D eigenvalue weighted by molar-refractivity contribution is 7.80. The summed E-state index contributed by atoms with van der Waals surface area (Å²) in [6.45, 7) is 1.65. The predicted molar refractivity (Wildman–Crippen MR) is 95.0 cm³/mol. The van der Waals surface area contributed by atoms with Gasteiger partial charge in [-0.05, 0) is 42.9 Å². The van der Waals surface area contributed by atoms with Crippen LogP contribution in [0, 0.1) is 5.82 Å². The maximum Gasteiger partial charge on any atom is 0.170 e. The Bertz CT molecular complexity index is 604. The summed E-state index contributed by atoms with van der Waals surface area (Å²) in [5.41, 5.74) is 1.58. The van der Waals surface area contributed by atoms with E-state index in [1.807, 2.05) is 18.2 Å². The molecule has 2 N–H and O–H groups in total. The van der Waals surface area contributed by atoms with Crippen molar-refractivity contribution in [2.75, 3.05) is 30.4 Å². The molecular formula is C17H20FN3S. The van der Waals surface area contributed by atoms with Gasteiger partial charge in [0, 0.05) is 25.8 Å². The fourth-order valence-corrected chi connectivity index (χ4v) is 2.27. The third-order valence-electron chi connectivity index (χ3n) is 3.27. The Morgan fingerprint density at radius 1 is 1.09 bits per heavy atom. The van der Waals surface area contributed by atoms with Crippen LogP contribution in [0.25, 0.3) is 0 Å². The maximum atomic E-state index is 13.5. The normalized spacial score (nSPS) is 10.1. The lowest BCUT2D eigenvalue weighted by atomic mass is 10.3. The van der Waals surface area contributed by atoms with Gasteiger partial charge >= 0.3 is 0 Å². The highest BCUT2D eigenvalue weighted by Gasteiger charge is 2.03. The molecule has 0 saturated carbocycles. The molecule has 0 fully saturated rings. The van der Waals surface area contributed by atoms with Crippen LogP contribution in [-0.2, 0) is 0 Å². The van der Waals surface area contributed by atoms with Gasteiger partial charge in [0.15, 0.2) is 5.11 Å². The average molecular weight is 317 g/mol. The molecule has 0 aliphatic rings. The van der Waals surface area contributed by atoms with E-state index >= 15 is 0 Å². The molecule has 0 bridgehead atoms. The van der Waals surface area contributed by atoms with E-state index in [0.29, 0.717) is 10.8 Å². The number of nitrogens with zero attached hydrogens (tertiary/aromatic N) is 1. The first-order valence-corrected chi connectivity index (χ1v) is 7.63. The minimum Gasteiger partial charge on any atom is -0.375 e. The quantitative estimate of drug-likeness (QED) is 0.628. The van der Waals surface area contributed by atoms with Gasteiger partial charge in [-0.15, -0.1) is 0 Å². The lowest BCUT2D eigenvalue weighted by molar-refractivity contribution is 0.632. The molecule has 116 valence electrons. The van der Waals surface area contributed by atoms with Gasteiger partial charge < -0.3 is 15.5 Å². The van der Waals surface area contributed by atoms with E-state index in [2.05, 4.69) is 34.7 Å². The number of halogens is 1. The third kappa shape index (κ3) is 5.00. The Morgan fingerprint density at radius 3 is 2.50 bits per heavy atom. The van der Waals surface area contributed by atoms with E-state index in [-0.39, 0.29) is 5.82 Å². The van der Waals surface area contributed by atoms with Crippen LogP contribution in [-0.4, -0.2) is 25.2 Å². The van der Waals surface area contributed by atoms with Gasteiger partial charge in [0.25, 0.3) is 0 Å². The molecule has 0 radical (unpaired) electrons. The molecule has 2 aromatic rings. The molecule has 2 aromatic carbocycles. The standard InChI is InChI=1S/C17H20FN3S/c1-21(14-8-3-2-4-9-14)13-7-12-19-17(22)20-16-11-6-5-10-15(16)18/h2-6,8-11H,7,12-13H2,1H3,(H2,19,20,22). The first-order valence-electron chi connectivity index (χ1n) is 7.22. The van der Waals surface area contributed by atoms with Crippen LogP contribution in [0.15, 0.2) is 54.6 Å². The fraction of sp³-hybridized carbons (Fsp3) is 0.235. The molecule has 0 unspecified atom stereocenters. The molecule has 0 spiro atoms. The molecule has 0 atom stereocenters. The molecular weight excluding hydrogens is 297 g/mol. The fourth-order valence-electron chi connectivity index (χ4n) is 2.06. The molecule has 0 heterocycles. The number of anilines is 2. The van der Waals surface area contributed by atoms with Crippen LogP contribution < -0.4 is 15.5 Å². The highest BCUT2D eigenvalue weighted by Crippen LogP contribution is 2.12. The van der Waals surface area contributed by atoms with E-state index in [1.165, 1.54) is 11.8 Å². The maximum absolute atomic E-state index is 13.5. The monoisotopic (exact) mass is 317 g/mol. The van der Waals surface area contributed by atoms with Crippen LogP contribution >= 0.6 is 12.2 Å². The summed E-state index contributed by atoms with van der Waals surface area (Å²) in [5, 5.41) is 6.39. The third-order valence-corrected chi connectivity index (χ3v) is 3.52. The second kappa shape index (κ2) is 8.34. The number of rotatable bonds is 6. The van der Waals surface area contributed by atoms with Crippen molar-refractivity contribution in [1.29, 1.82) is 0 Å². The Morgan fingerprint density at radius 2 is 1.77 bits per heavy atom. The number of benzene rings is 2. The number of para-hydroxylation sites is 2. The van der Waals surface area contributed by atoms with Crippen molar-refractivity contribution in [1.82, 2.24) is 5.32 Å². The minimum atomic E-state index is -0.310. The van der Waals surface area contributed by atoms with Crippen molar-refractivity contribution in [2.24, 2.45) is 0 Å². The van der Waals surface area contributed by atoms with E-state index < -0.39 is 0 Å². The smallest absolute Gasteiger partial charge is 0.170 e. The summed E-state index contributed by atoms with van der Waals surface area (Å²) >= 11 is 5.17. The van der Waals surface area contributed by atoms with Crippen molar-refractivity contribution >= 4 is 28.7 Å². The van der Waals surface area contributed by atoms with Crippen molar-refractivity contribution in [3.05, 3.63) is 60.4 Å². The molecule has 0 aliphatic heterocycles. The molecule has 0 aromatic heterocycles. The molecule has 5 heteroatoms. The summed E-state index contributed by atoms with van der Waals surface area (Å²) in [6, 6.07) is 16.7. The van der Waals surface area contributed by atoms with E-state index in [1.54, 1.807) is 18.2 Å². The van der Waals surface area contributed by atoms with Crippen LogP contribution in [0.3, 0.4) is 0 Å². The van der Waals surface area contributed by atoms with Gasteiger partial charge in [0.1, 0.15) is 5.82 Å². The minimum absolute atomic E-state index is 0.310. The highest BCUT2D eigenvalue weighted by atomic mass is 32.1. The largest absolute Gasteiger partial charge is 0.375 e. The second-order valence-electron chi connectivity index (χ2n) is 4.97. The first-order chi connectivity index (χ1) is 10.7. The summed E-state index contributed by atoms with van der Waals surface area (Å²) in [5.74, 6) is -0.310. The average Bonchev–Trinajstić information content (AvgIpc) is 2.54. The second-order valence-corrected chi connectivity index (χ2v) is 5.38. The topological polar surface area (TPSA) is 27.3 Å². The summed E-state index contributed by atoms with van der Waals surface area (Å²) in [7, 11) is 2.06. The number of thiocarbonyl (C=S) groups is 1. The van der Waals surface area contributed by atoms with Gasteiger partial charge in [-0.1, -0.05) is 30.3 Å². The zero-order valence-electron chi connectivity index (χ0n) is 12.6. The van der Waals surface area contributed by atoms with Crippen LogP contribution in [0.1, 0.15) is 6.42 Å². The molecule has 0 saturated heterocycles. The van der Waals surface area contributed by atoms with Crippen molar-refractivity contribution in [3.8, 4) is 0 Å². The lowest BCUT2D eigenvalue weighted by Crippen LogP contribution is -2.31. The van der Waals surface area contributed by atoms with Gasteiger partial charge in [-0.3, -0.25) is 0 Å². The van der Waals surface area contributed by atoms with Crippen molar-refractivity contribution < 1.29 is 4.39 Å². The van der Waals surface area contributed by atoms with Crippen LogP contribution in [0.2, 0.25) is 0 Å². The predicted octanol–water partition coefficient (Wildman–Crippen LogP) is 3.64. The van der Waals surface area contributed by atoms with E-state index in [0.717, 1.165) is 19.5 Å². The first kappa shape index (κ1) is 16.2. The summed E-state index contributed by atoms with van der Waals surface area (Å²) < 4.78 is 13.5. The Kier molecular flexibility index (Phi) is 6.15. The zero-order valence-corrected chi connectivity index (χ0v) is 13.4. The molecule has 0 amide bonds. The summed E-state index contributed by atoms with van der Waals surface area (Å²) in [4.78, 5) is 2.19. The van der Waals surface area contributed by atoms with Gasteiger partial charge in [0.2, 0.25) is 0 Å². The van der Waals surface area contributed by atoms with Crippen LogP contribution in [0.5, 0.6) is 0 Å². The Balaban J connectivity index is 1.68. The zero-order chi connectivity index (χ0) is 15.8. The van der Waals surface area contributed by atoms with Gasteiger partial charge in [-0.2, -0.15) is 0 Å². The van der Waals surface area contributed by atoms with Crippen molar-refractivity contribution in [2.45, 2.75) is 6.42 Å². The Labute approximate surface area is 136 Å². The molecule has 3 nitrogen and oxygen atoms in total. The summed E-state index contributed by atoms with van der Waals surface area (Å²) in [6.07, 6.45) is 0.935.